The number of pyridine rings is 1. The summed E-state index contributed by atoms with van der Waals surface area (Å²) in [6.07, 6.45) is 7.62. The molecule has 4 rings (SSSR count). The molecule has 3 aromatic rings. The third-order valence-electron chi connectivity index (χ3n) is 4.68. The fourth-order valence-electron chi connectivity index (χ4n) is 3.23. The highest BCUT2D eigenvalue weighted by molar-refractivity contribution is 7.98. The van der Waals surface area contributed by atoms with Gasteiger partial charge in [-0.25, -0.2) is 4.98 Å². The summed E-state index contributed by atoms with van der Waals surface area (Å²) < 4.78 is 11.3. The SMILES string of the molecule is CSc1ncccc1C(=O)N(CC=Cc1ccccc1)c1ccc2c(c1)OCCO2. The fraction of sp³-hybridized carbons (Fsp3) is 0.167. The minimum atomic E-state index is -0.109. The topological polar surface area (TPSA) is 51.7 Å². The number of hydrogen-bond acceptors (Lipinski definition) is 5. The molecular formula is C24H22N2O3S. The molecular weight excluding hydrogens is 396 g/mol. The summed E-state index contributed by atoms with van der Waals surface area (Å²) in [6, 6.07) is 19.2. The van der Waals surface area contributed by atoms with Gasteiger partial charge in [0.15, 0.2) is 11.5 Å². The number of aromatic nitrogens is 1. The van der Waals surface area contributed by atoms with Gasteiger partial charge in [-0.1, -0.05) is 42.5 Å². The second-order valence-electron chi connectivity index (χ2n) is 6.62. The molecule has 0 atom stereocenters. The maximum atomic E-state index is 13.5. The summed E-state index contributed by atoms with van der Waals surface area (Å²) in [4.78, 5) is 19.6. The van der Waals surface area contributed by atoms with Gasteiger partial charge >= 0.3 is 0 Å². The van der Waals surface area contributed by atoms with Crippen molar-refractivity contribution in [2.75, 3.05) is 30.9 Å². The van der Waals surface area contributed by atoms with Crippen LogP contribution in [0, 0.1) is 0 Å². The molecule has 0 saturated carbocycles. The van der Waals surface area contributed by atoms with E-state index in [1.807, 2.05) is 73.0 Å². The van der Waals surface area contributed by atoms with Gasteiger partial charge in [0.05, 0.1) is 5.56 Å². The smallest absolute Gasteiger partial charge is 0.261 e. The first-order valence-electron chi connectivity index (χ1n) is 9.68. The van der Waals surface area contributed by atoms with Crippen LogP contribution in [-0.2, 0) is 0 Å². The Morgan fingerprint density at radius 2 is 1.87 bits per heavy atom. The Morgan fingerprint density at radius 1 is 1.07 bits per heavy atom. The highest BCUT2D eigenvalue weighted by Gasteiger charge is 2.22. The van der Waals surface area contributed by atoms with E-state index < -0.39 is 0 Å². The van der Waals surface area contributed by atoms with Crippen molar-refractivity contribution in [3.8, 4) is 11.5 Å². The minimum Gasteiger partial charge on any atom is -0.486 e. The zero-order valence-corrected chi connectivity index (χ0v) is 17.5. The lowest BCUT2D eigenvalue weighted by Crippen LogP contribution is -2.32. The second-order valence-corrected chi connectivity index (χ2v) is 7.41. The molecule has 152 valence electrons. The molecule has 0 spiro atoms. The zero-order chi connectivity index (χ0) is 20.8. The molecule has 0 saturated heterocycles. The van der Waals surface area contributed by atoms with E-state index in [9.17, 15) is 4.79 Å². The maximum Gasteiger partial charge on any atom is 0.261 e. The number of amides is 1. The van der Waals surface area contributed by atoms with Gasteiger partial charge in [0.2, 0.25) is 0 Å². The van der Waals surface area contributed by atoms with Gasteiger partial charge in [0, 0.05) is 24.5 Å². The van der Waals surface area contributed by atoms with Crippen molar-refractivity contribution in [2.45, 2.75) is 5.03 Å². The lowest BCUT2D eigenvalue weighted by atomic mass is 10.1. The standard InChI is InChI=1S/C24H22N2O3S/c1-30-23-20(10-5-13-25-23)24(27)26(14-6-9-18-7-3-2-4-8-18)19-11-12-21-22(17-19)29-16-15-28-21/h2-13,17H,14-16H2,1H3. The Hall–Kier alpha value is -3.25. The summed E-state index contributed by atoms with van der Waals surface area (Å²) in [7, 11) is 0. The molecule has 0 radical (unpaired) electrons. The Labute approximate surface area is 180 Å². The van der Waals surface area contributed by atoms with Gasteiger partial charge in [-0.2, -0.15) is 0 Å². The molecule has 30 heavy (non-hydrogen) atoms. The highest BCUT2D eigenvalue weighted by Crippen LogP contribution is 2.35. The average molecular weight is 419 g/mol. The molecule has 1 aliphatic rings. The van der Waals surface area contributed by atoms with Crippen molar-refractivity contribution < 1.29 is 14.3 Å². The van der Waals surface area contributed by atoms with E-state index in [2.05, 4.69) is 4.98 Å². The number of carbonyl (C=O) groups is 1. The third kappa shape index (κ3) is 4.49. The van der Waals surface area contributed by atoms with Gasteiger partial charge in [0.1, 0.15) is 18.2 Å². The van der Waals surface area contributed by atoms with E-state index >= 15 is 0 Å². The van der Waals surface area contributed by atoms with Gasteiger partial charge in [-0.3, -0.25) is 4.79 Å². The van der Waals surface area contributed by atoms with Gasteiger partial charge in [-0.15, -0.1) is 11.8 Å². The van der Waals surface area contributed by atoms with Crippen LogP contribution in [-0.4, -0.2) is 36.9 Å². The Morgan fingerprint density at radius 3 is 2.67 bits per heavy atom. The Balaban J connectivity index is 1.67. The normalized spacial score (nSPS) is 12.7. The van der Waals surface area contributed by atoms with Crippen LogP contribution in [0.4, 0.5) is 5.69 Å². The molecule has 1 aromatic heterocycles. The minimum absolute atomic E-state index is 0.109. The van der Waals surface area contributed by atoms with E-state index in [4.69, 9.17) is 9.47 Å². The molecule has 1 amide bonds. The quantitative estimate of drug-likeness (QED) is 0.531. The number of ether oxygens (including phenoxy) is 2. The van der Waals surface area contributed by atoms with Crippen molar-refractivity contribution in [1.82, 2.24) is 4.98 Å². The fourth-order valence-corrected chi connectivity index (χ4v) is 3.77. The highest BCUT2D eigenvalue weighted by atomic mass is 32.2. The van der Waals surface area contributed by atoms with Crippen LogP contribution in [0.25, 0.3) is 6.08 Å². The summed E-state index contributed by atoms with van der Waals surface area (Å²) in [6.45, 7) is 1.44. The molecule has 0 fully saturated rings. The first kappa shape index (κ1) is 20.0. The number of rotatable bonds is 6. The van der Waals surface area contributed by atoms with Gasteiger partial charge < -0.3 is 14.4 Å². The van der Waals surface area contributed by atoms with Crippen molar-refractivity contribution in [3.63, 3.8) is 0 Å². The van der Waals surface area contributed by atoms with E-state index in [0.717, 1.165) is 11.3 Å². The van der Waals surface area contributed by atoms with Crippen molar-refractivity contribution in [2.24, 2.45) is 0 Å². The van der Waals surface area contributed by atoms with Crippen molar-refractivity contribution in [3.05, 3.63) is 84.1 Å². The molecule has 5 nitrogen and oxygen atoms in total. The molecule has 0 aliphatic carbocycles. The van der Waals surface area contributed by atoms with Crippen LogP contribution >= 0.6 is 11.8 Å². The predicted octanol–water partition coefficient (Wildman–Crippen LogP) is 4.93. The maximum absolute atomic E-state index is 13.5. The number of fused-ring (bicyclic) bond motifs is 1. The number of nitrogens with zero attached hydrogens (tertiary/aromatic N) is 2. The average Bonchev–Trinajstić information content (AvgIpc) is 2.82. The number of anilines is 1. The summed E-state index contributed by atoms with van der Waals surface area (Å²) >= 11 is 1.46. The number of hydrogen-bond donors (Lipinski definition) is 0. The molecule has 1 aliphatic heterocycles. The predicted molar refractivity (Wildman–Crippen MR) is 121 cm³/mol. The number of thioether (sulfide) groups is 1. The number of carbonyl (C=O) groups excluding carboxylic acids is 1. The Kier molecular flexibility index (Phi) is 6.35. The van der Waals surface area contributed by atoms with Crippen LogP contribution in [0.2, 0.25) is 0 Å². The lowest BCUT2D eigenvalue weighted by molar-refractivity contribution is 0.0986. The third-order valence-corrected chi connectivity index (χ3v) is 5.39. The van der Waals surface area contributed by atoms with E-state index in [1.165, 1.54) is 11.8 Å². The molecule has 0 bridgehead atoms. The van der Waals surface area contributed by atoms with Crippen LogP contribution in [0.1, 0.15) is 15.9 Å². The first-order chi connectivity index (χ1) is 14.8. The summed E-state index contributed by atoms with van der Waals surface area (Å²) in [5.74, 6) is 1.24. The first-order valence-corrected chi connectivity index (χ1v) is 10.9. The van der Waals surface area contributed by atoms with Gasteiger partial charge in [-0.05, 0) is 36.1 Å². The van der Waals surface area contributed by atoms with E-state index in [1.54, 1.807) is 17.2 Å². The monoisotopic (exact) mass is 418 g/mol. The largest absolute Gasteiger partial charge is 0.486 e. The van der Waals surface area contributed by atoms with Crippen LogP contribution in [0.5, 0.6) is 11.5 Å². The van der Waals surface area contributed by atoms with Crippen LogP contribution < -0.4 is 14.4 Å². The van der Waals surface area contributed by atoms with Gasteiger partial charge in [0.25, 0.3) is 5.91 Å². The van der Waals surface area contributed by atoms with Crippen molar-refractivity contribution in [1.29, 1.82) is 0 Å². The van der Waals surface area contributed by atoms with E-state index in [0.29, 0.717) is 41.8 Å². The van der Waals surface area contributed by atoms with Crippen LogP contribution in [0.3, 0.4) is 0 Å². The molecule has 0 N–H and O–H groups in total. The Bertz CT molecular complexity index is 1050. The zero-order valence-electron chi connectivity index (χ0n) is 16.7. The molecule has 0 unspecified atom stereocenters. The molecule has 2 heterocycles. The van der Waals surface area contributed by atoms with Crippen LogP contribution in [0.15, 0.2) is 78.0 Å². The second kappa shape index (κ2) is 9.50. The summed E-state index contributed by atoms with van der Waals surface area (Å²) in [5.41, 5.74) is 2.41. The number of benzene rings is 2. The molecule has 6 heteroatoms. The van der Waals surface area contributed by atoms with Crippen molar-refractivity contribution >= 4 is 29.4 Å². The summed E-state index contributed by atoms with van der Waals surface area (Å²) in [5, 5.41) is 0.706. The lowest BCUT2D eigenvalue weighted by Gasteiger charge is -2.25. The molecule has 2 aromatic carbocycles. The van der Waals surface area contributed by atoms with E-state index in [-0.39, 0.29) is 5.91 Å².